The molecule has 24 heavy (non-hydrogen) atoms. The van der Waals surface area contributed by atoms with Crippen LogP contribution < -0.4 is 10.1 Å². The number of hydrogen-bond donors (Lipinski definition) is 1. The van der Waals surface area contributed by atoms with E-state index in [9.17, 15) is 19.7 Å². The number of nitrogens with one attached hydrogen (secondary N) is 1. The Kier molecular flexibility index (Phi) is 5.15. The number of rotatable bonds is 6. The van der Waals surface area contributed by atoms with Crippen molar-refractivity contribution in [3.05, 3.63) is 52.3 Å². The summed E-state index contributed by atoms with van der Waals surface area (Å²) >= 11 is 0. The van der Waals surface area contributed by atoms with E-state index in [0.717, 1.165) is 12.1 Å². The molecule has 1 atom stereocenters. The molecule has 9 heteroatoms. The van der Waals surface area contributed by atoms with Gasteiger partial charge < -0.3 is 19.2 Å². The molecule has 0 aliphatic carbocycles. The average molecular weight is 334 g/mol. The molecule has 1 aromatic heterocycles. The van der Waals surface area contributed by atoms with Gasteiger partial charge in [-0.3, -0.25) is 14.9 Å². The molecule has 0 aliphatic heterocycles. The number of benzene rings is 1. The number of nitrogens with zero attached hydrogens (tertiary/aromatic N) is 1. The van der Waals surface area contributed by atoms with E-state index in [1.165, 1.54) is 14.0 Å². The molecule has 126 valence electrons. The molecule has 0 spiro atoms. The van der Waals surface area contributed by atoms with E-state index in [2.05, 4.69) is 5.32 Å². The molecule has 2 rings (SSSR count). The minimum atomic E-state index is -1.13. The summed E-state index contributed by atoms with van der Waals surface area (Å²) in [6.45, 7) is 1.37. The molecule has 0 aliphatic rings. The van der Waals surface area contributed by atoms with Crippen molar-refractivity contribution in [2.24, 2.45) is 0 Å². The quantitative estimate of drug-likeness (QED) is 0.489. The van der Waals surface area contributed by atoms with Gasteiger partial charge in [0.1, 0.15) is 10.7 Å². The fourth-order valence-electron chi connectivity index (χ4n) is 1.75. The molecule has 2 aromatic rings. The molecule has 1 aromatic carbocycles. The minimum Gasteiger partial charge on any atom is -0.497 e. The lowest BCUT2D eigenvalue weighted by molar-refractivity contribution is -0.402. The maximum atomic E-state index is 12.0. The Hall–Kier alpha value is -3.36. The van der Waals surface area contributed by atoms with Crippen LogP contribution >= 0.6 is 0 Å². The molecule has 0 saturated heterocycles. The molecular formula is C15H14N2O7. The van der Waals surface area contributed by atoms with Gasteiger partial charge in [0, 0.05) is 11.8 Å². The summed E-state index contributed by atoms with van der Waals surface area (Å²) in [5.74, 6) is -1.94. The number of methoxy groups -OCH3 is 1. The summed E-state index contributed by atoms with van der Waals surface area (Å²) < 4.78 is 14.7. The van der Waals surface area contributed by atoms with Gasteiger partial charge in [0.2, 0.25) is 5.76 Å². The Morgan fingerprint density at radius 3 is 2.67 bits per heavy atom. The highest BCUT2D eigenvalue weighted by Crippen LogP contribution is 2.18. The van der Waals surface area contributed by atoms with Gasteiger partial charge in [0.05, 0.1) is 13.2 Å². The number of carbonyl (C=O) groups excluding carboxylic acids is 2. The summed E-state index contributed by atoms with van der Waals surface area (Å²) in [5.41, 5.74) is 0.468. The van der Waals surface area contributed by atoms with Gasteiger partial charge >= 0.3 is 11.9 Å². The van der Waals surface area contributed by atoms with Gasteiger partial charge in [-0.25, -0.2) is 4.79 Å². The van der Waals surface area contributed by atoms with Gasteiger partial charge in [-0.05, 0) is 25.1 Å². The van der Waals surface area contributed by atoms with Crippen molar-refractivity contribution in [3.63, 3.8) is 0 Å². The number of anilines is 1. The lowest BCUT2D eigenvalue weighted by atomic mass is 10.3. The first-order valence-corrected chi connectivity index (χ1v) is 6.81. The molecule has 0 fully saturated rings. The first-order valence-electron chi connectivity index (χ1n) is 6.81. The summed E-state index contributed by atoms with van der Waals surface area (Å²) in [6, 6.07) is 8.77. The van der Waals surface area contributed by atoms with E-state index >= 15 is 0 Å². The first-order chi connectivity index (χ1) is 11.4. The maximum Gasteiger partial charge on any atom is 0.433 e. The molecule has 0 bridgehead atoms. The number of ether oxygens (including phenoxy) is 2. The lowest BCUT2D eigenvalue weighted by Gasteiger charge is -2.13. The largest absolute Gasteiger partial charge is 0.497 e. The number of esters is 1. The first kappa shape index (κ1) is 17.0. The fraction of sp³-hybridized carbons (Fsp3) is 0.200. The van der Waals surface area contributed by atoms with Gasteiger partial charge in [-0.1, -0.05) is 6.07 Å². The van der Waals surface area contributed by atoms with Crippen molar-refractivity contribution in [1.82, 2.24) is 0 Å². The van der Waals surface area contributed by atoms with Crippen molar-refractivity contribution in [2.45, 2.75) is 13.0 Å². The van der Waals surface area contributed by atoms with Crippen molar-refractivity contribution in [2.75, 3.05) is 12.4 Å². The Morgan fingerprint density at radius 1 is 1.29 bits per heavy atom. The maximum absolute atomic E-state index is 12.0. The van der Waals surface area contributed by atoms with Crippen molar-refractivity contribution in [1.29, 1.82) is 0 Å². The topological polar surface area (TPSA) is 121 Å². The molecule has 1 heterocycles. The third-order valence-corrected chi connectivity index (χ3v) is 2.96. The number of hydrogen-bond acceptors (Lipinski definition) is 7. The van der Waals surface area contributed by atoms with Crippen LogP contribution in [-0.2, 0) is 9.53 Å². The molecule has 1 amide bonds. The van der Waals surface area contributed by atoms with Crippen LogP contribution in [0.5, 0.6) is 5.75 Å². The van der Waals surface area contributed by atoms with E-state index in [0.29, 0.717) is 11.4 Å². The van der Waals surface area contributed by atoms with Crippen LogP contribution in [0.4, 0.5) is 11.6 Å². The van der Waals surface area contributed by atoms with Gasteiger partial charge in [-0.15, -0.1) is 0 Å². The number of nitro groups is 1. The summed E-state index contributed by atoms with van der Waals surface area (Å²) in [6.07, 6.45) is -1.13. The summed E-state index contributed by atoms with van der Waals surface area (Å²) in [7, 11) is 1.49. The van der Waals surface area contributed by atoms with E-state index in [1.54, 1.807) is 24.3 Å². The monoisotopic (exact) mass is 334 g/mol. The highest BCUT2D eigenvalue weighted by Gasteiger charge is 2.23. The van der Waals surface area contributed by atoms with E-state index < -0.39 is 28.8 Å². The Morgan fingerprint density at radius 2 is 2.04 bits per heavy atom. The normalized spacial score (nSPS) is 11.4. The molecule has 0 unspecified atom stereocenters. The van der Waals surface area contributed by atoms with Crippen molar-refractivity contribution < 1.29 is 28.4 Å². The molecular weight excluding hydrogens is 320 g/mol. The molecule has 9 nitrogen and oxygen atoms in total. The lowest BCUT2D eigenvalue weighted by Crippen LogP contribution is -2.29. The third kappa shape index (κ3) is 4.09. The van der Waals surface area contributed by atoms with Crippen molar-refractivity contribution in [3.8, 4) is 5.75 Å². The molecule has 1 N–H and O–H groups in total. The standard InChI is InChI=1S/C15H14N2O7/c1-9(14(18)16-10-4-3-5-11(8-10)22-2)23-15(19)12-6-7-13(24-12)17(20)21/h3-9H,1-2H3,(H,16,18)/t9-/m0/s1. The molecule has 0 saturated carbocycles. The second-order valence-corrected chi connectivity index (χ2v) is 4.66. The van der Waals surface area contributed by atoms with Crippen LogP contribution in [0.15, 0.2) is 40.8 Å². The van der Waals surface area contributed by atoms with E-state index in [4.69, 9.17) is 13.9 Å². The van der Waals surface area contributed by atoms with Gasteiger partial charge in [0.25, 0.3) is 5.91 Å². The average Bonchev–Trinajstić information content (AvgIpc) is 3.05. The van der Waals surface area contributed by atoms with E-state index in [1.807, 2.05) is 0 Å². The van der Waals surface area contributed by atoms with Crippen LogP contribution in [0, 0.1) is 10.1 Å². The van der Waals surface area contributed by atoms with Gasteiger partial charge in [0.15, 0.2) is 6.10 Å². The second-order valence-electron chi connectivity index (χ2n) is 4.66. The van der Waals surface area contributed by atoms with Crippen LogP contribution in [0.3, 0.4) is 0 Å². The highest BCUT2D eigenvalue weighted by atomic mass is 16.7. The van der Waals surface area contributed by atoms with Crippen LogP contribution in [0.2, 0.25) is 0 Å². The minimum absolute atomic E-state index is 0.359. The summed E-state index contributed by atoms with van der Waals surface area (Å²) in [5, 5.41) is 13.1. The van der Waals surface area contributed by atoms with Crippen LogP contribution in [-0.4, -0.2) is 30.0 Å². The second kappa shape index (κ2) is 7.27. The van der Waals surface area contributed by atoms with E-state index in [-0.39, 0.29) is 5.76 Å². The predicted octanol–water partition coefficient (Wildman–Crippen LogP) is 2.38. The Bertz CT molecular complexity index is 769. The third-order valence-electron chi connectivity index (χ3n) is 2.96. The fourth-order valence-corrected chi connectivity index (χ4v) is 1.75. The molecule has 0 radical (unpaired) electrons. The zero-order valence-electron chi connectivity index (χ0n) is 12.8. The number of furan rings is 1. The Balaban J connectivity index is 1.97. The number of carbonyl (C=O) groups is 2. The van der Waals surface area contributed by atoms with Crippen molar-refractivity contribution >= 4 is 23.4 Å². The zero-order chi connectivity index (χ0) is 17.7. The Labute approximate surface area is 136 Å². The van der Waals surface area contributed by atoms with Crippen LogP contribution in [0.1, 0.15) is 17.5 Å². The highest BCUT2D eigenvalue weighted by molar-refractivity contribution is 5.96. The van der Waals surface area contributed by atoms with Gasteiger partial charge in [-0.2, -0.15) is 0 Å². The predicted molar refractivity (Wildman–Crippen MR) is 81.9 cm³/mol. The number of amides is 1. The SMILES string of the molecule is COc1cccc(NC(=O)[C@H](C)OC(=O)c2ccc([N+](=O)[O-])o2)c1. The summed E-state index contributed by atoms with van der Waals surface area (Å²) in [4.78, 5) is 33.6. The smallest absolute Gasteiger partial charge is 0.433 e. The van der Waals surface area contributed by atoms with Crippen LogP contribution in [0.25, 0.3) is 0 Å². The zero-order valence-corrected chi connectivity index (χ0v) is 12.8.